The van der Waals surface area contributed by atoms with Crippen LogP contribution in [0.3, 0.4) is 0 Å². The average molecular weight is 200 g/mol. The Morgan fingerprint density at radius 2 is 2.29 bits per heavy atom. The third-order valence-corrected chi connectivity index (χ3v) is 1.62. The van der Waals surface area contributed by atoms with Crippen LogP contribution in [0.15, 0.2) is 12.1 Å². The van der Waals surface area contributed by atoms with Crippen LogP contribution >= 0.6 is 0 Å². The maximum atomic E-state index is 13.2. The summed E-state index contributed by atoms with van der Waals surface area (Å²) in [7, 11) is 1.25. The molecular formula is C8H9FN2O3. The first-order chi connectivity index (χ1) is 6.60. The van der Waals surface area contributed by atoms with Gasteiger partial charge >= 0.3 is 0 Å². The molecule has 76 valence electrons. The summed E-state index contributed by atoms with van der Waals surface area (Å²) in [4.78, 5) is 11.1. The molecule has 0 aliphatic rings. The molecule has 0 aromatic heterocycles. The Hall–Kier alpha value is -1.82. The fourth-order valence-corrected chi connectivity index (χ4v) is 1.02. The molecule has 0 aliphatic carbocycles. The number of carbonyl (C=O) groups is 1. The van der Waals surface area contributed by atoms with Crippen LogP contribution in [0, 0.1) is 5.82 Å². The first kappa shape index (κ1) is 10.3. The van der Waals surface area contributed by atoms with Gasteiger partial charge in [-0.3, -0.25) is 10.2 Å². The monoisotopic (exact) mass is 200 g/mol. The number of methoxy groups -OCH3 is 1. The van der Waals surface area contributed by atoms with Crippen molar-refractivity contribution in [2.45, 2.75) is 0 Å². The van der Waals surface area contributed by atoms with E-state index in [1.165, 1.54) is 7.11 Å². The van der Waals surface area contributed by atoms with Crippen LogP contribution in [0.5, 0.6) is 11.5 Å². The van der Waals surface area contributed by atoms with E-state index in [0.29, 0.717) is 0 Å². The minimum Gasteiger partial charge on any atom is -0.508 e. The molecule has 1 aromatic rings. The predicted octanol–water partition coefficient (Wildman–Crippen LogP) is 0.143. The molecule has 6 heteroatoms. The molecule has 1 rings (SSSR count). The number of nitrogens with one attached hydrogen (secondary N) is 1. The lowest BCUT2D eigenvalue weighted by atomic mass is 10.1. The van der Waals surface area contributed by atoms with Crippen LogP contribution < -0.4 is 16.0 Å². The molecule has 0 atom stereocenters. The lowest BCUT2D eigenvalue weighted by Gasteiger charge is -2.08. The quantitative estimate of drug-likeness (QED) is 0.360. The lowest BCUT2D eigenvalue weighted by Crippen LogP contribution is -2.31. The number of hydrogen-bond donors (Lipinski definition) is 3. The molecule has 1 aromatic carbocycles. The molecular weight excluding hydrogens is 191 g/mol. The van der Waals surface area contributed by atoms with Crippen LogP contribution in [0.4, 0.5) is 4.39 Å². The van der Waals surface area contributed by atoms with Crippen molar-refractivity contribution in [2.24, 2.45) is 5.84 Å². The van der Waals surface area contributed by atoms with Crippen LogP contribution in [0.25, 0.3) is 0 Å². The van der Waals surface area contributed by atoms with Gasteiger partial charge in [0.1, 0.15) is 22.9 Å². The van der Waals surface area contributed by atoms with Crippen molar-refractivity contribution in [3.05, 3.63) is 23.5 Å². The van der Waals surface area contributed by atoms with Crippen molar-refractivity contribution in [1.82, 2.24) is 5.43 Å². The van der Waals surface area contributed by atoms with E-state index in [-0.39, 0.29) is 17.1 Å². The van der Waals surface area contributed by atoms with Crippen LogP contribution in [0.2, 0.25) is 0 Å². The van der Waals surface area contributed by atoms with Gasteiger partial charge in [-0.25, -0.2) is 10.2 Å². The molecule has 0 radical (unpaired) electrons. The van der Waals surface area contributed by atoms with Gasteiger partial charge in [0.2, 0.25) is 0 Å². The van der Waals surface area contributed by atoms with Crippen molar-refractivity contribution in [2.75, 3.05) is 7.11 Å². The van der Waals surface area contributed by atoms with E-state index >= 15 is 0 Å². The molecule has 5 nitrogen and oxygen atoms in total. The largest absolute Gasteiger partial charge is 0.508 e. The van der Waals surface area contributed by atoms with E-state index in [4.69, 9.17) is 15.7 Å². The number of amides is 1. The topological polar surface area (TPSA) is 84.6 Å². The second kappa shape index (κ2) is 3.93. The van der Waals surface area contributed by atoms with Crippen LogP contribution in [-0.4, -0.2) is 18.1 Å². The SMILES string of the molecule is COc1cc(O)cc(F)c1C(=O)NN. The fraction of sp³-hybridized carbons (Fsp3) is 0.125. The Bertz CT molecular complexity index is 368. The minimum atomic E-state index is -0.898. The predicted molar refractivity (Wildman–Crippen MR) is 46.3 cm³/mol. The first-order valence-corrected chi connectivity index (χ1v) is 3.67. The van der Waals surface area contributed by atoms with Crippen molar-refractivity contribution < 1.29 is 19.0 Å². The molecule has 0 aliphatic heterocycles. The number of halogens is 1. The maximum Gasteiger partial charge on any atom is 0.271 e. The number of ether oxygens (including phenoxy) is 1. The highest BCUT2D eigenvalue weighted by molar-refractivity contribution is 5.97. The molecule has 0 unspecified atom stereocenters. The summed E-state index contributed by atoms with van der Waals surface area (Å²) in [5.74, 6) is 2.73. The molecule has 4 N–H and O–H groups in total. The zero-order valence-corrected chi connectivity index (χ0v) is 7.37. The highest BCUT2D eigenvalue weighted by Gasteiger charge is 2.18. The molecule has 0 saturated heterocycles. The van der Waals surface area contributed by atoms with Gasteiger partial charge in [-0.2, -0.15) is 0 Å². The Morgan fingerprint density at radius 3 is 2.79 bits per heavy atom. The highest BCUT2D eigenvalue weighted by Crippen LogP contribution is 2.26. The number of rotatable bonds is 2. The minimum absolute atomic E-state index is 0.0783. The summed E-state index contributed by atoms with van der Waals surface area (Å²) < 4.78 is 17.9. The normalized spacial score (nSPS) is 9.64. The van der Waals surface area contributed by atoms with Gasteiger partial charge < -0.3 is 9.84 Å². The Labute approximate surface area is 79.3 Å². The summed E-state index contributed by atoms with van der Waals surface area (Å²) in [5, 5.41) is 9.02. The van der Waals surface area contributed by atoms with Gasteiger partial charge in [-0.05, 0) is 0 Å². The van der Waals surface area contributed by atoms with Gasteiger partial charge in [0, 0.05) is 12.1 Å². The van der Waals surface area contributed by atoms with E-state index < -0.39 is 11.7 Å². The van der Waals surface area contributed by atoms with E-state index in [9.17, 15) is 9.18 Å². The highest BCUT2D eigenvalue weighted by atomic mass is 19.1. The lowest BCUT2D eigenvalue weighted by molar-refractivity contribution is 0.0946. The molecule has 0 bridgehead atoms. The Kier molecular flexibility index (Phi) is 2.88. The van der Waals surface area contributed by atoms with E-state index in [1.807, 2.05) is 0 Å². The number of aromatic hydroxyl groups is 1. The summed E-state index contributed by atoms with van der Waals surface area (Å²) in [6.45, 7) is 0. The Balaban J connectivity index is 3.32. The van der Waals surface area contributed by atoms with Gasteiger partial charge in [-0.1, -0.05) is 0 Å². The third-order valence-electron chi connectivity index (χ3n) is 1.62. The van der Waals surface area contributed by atoms with Gasteiger partial charge in [0.15, 0.2) is 0 Å². The van der Waals surface area contributed by atoms with Gasteiger partial charge in [-0.15, -0.1) is 0 Å². The molecule has 0 saturated carbocycles. The molecule has 14 heavy (non-hydrogen) atoms. The molecule has 1 amide bonds. The Morgan fingerprint density at radius 1 is 1.64 bits per heavy atom. The standard InChI is InChI=1S/C8H9FN2O3/c1-14-6-3-4(12)2-5(9)7(6)8(13)11-10/h2-3,12H,10H2,1H3,(H,11,13). The van der Waals surface area contributed by atoms with Crippen molar-refractivity contribution in [1.29, 1.82) is 0 Å². The summed E-state index contributed by atoms with van der Waals surface area (Å²) in [6, 6.07) is 1.92. The van der Waals surface area contributed by atoms with Crippen molar-refractivity contribution in [3.63, 3.8) is 0 Å². The second-order valence-electron chi connectivity index (χ2n) is 2.48. The van der Waals surface area contributed by atoms with Crippen LogP contribution in [0.1, 0.15) is 10.4 Å². The van der Waals surface area contributed by atoms with Crippen molar-refractivity contribution >= 4 is 5.91 Å². The van der Waals surface area contributed by atoms with Gasteiger partial charge in [0.05, 0.1) is 7.11 Å². The zero-order valence-electron chi connectivity index (χ0n) is 7.37. The number of phenols is 1. The van der Waals surface area contributed by atoms with E-state index in [0.717, 1.165) is 12.1 Å². The second-order valence-corrected chi connectivity index (χ2v) is 2.48. The number of hydrazine groups is 1. The summed E-state index contributed by atoms with van der Waals surface area (Å²) in [5.41, 5.74) is 1.44. The fourth-order valence-electron chi connectivity index (χ4n) is 1.02. The number of phenolic OH excluding ortho intramolecular Hbond substituents is 1. The first-order valence-electron chi connectivity index (χ1n) is 3.67. The number of nitrogens with two attached hydrogens (primary N) is 1. The number of nitrogen functional groups attached to an aromatic ring is 1. The molecule has 0 fully saturated rings. The maximum absolute atomic E-state index is 13.2. The van der Waals surface area contributed by atoms with E-state index in [2.05, 4.69) is 0 Å². The summed E-state index contributed by atoms with van der Waals surface area (Å²) in [6.07, 6.45) is 0. The summed E-state index contributed by atoms with van der Waals surface area (Å²) >= 11 is 0. The smallest absolute Gasteiger partial charge is 0.271 e. The average Bonchev–Trinajstić information content (AvgIpc) is 2.15. The number of hydrogen-bond acceptors (Lipinski definition) is 4. The van der Waals surface area contributed by atoms with Crippen LogP contribution in [-0.2, 0) is 0 Å². The van der Waals surface area contributed by atoms with Crippen molar-refractivity contribution in [3.8, 4) is 11.5 Å². The van der Waals surface area contributed by atoms with E-state index in [1.54, 1.807) is 5.43 Å². The third kappa shape index (κ3) is 1.74. The molecule has 0 heterocycles. The van der Waals surface area contributed by atoms with Gasteiger partial charge in [0.25, 0.3) is 5.91 Å². The number of benzene rings is 1. The number of carbonyl (C=O) groups excluding carboxylic acids is 1. The molecule has 0 spiro atoms. The zero-order chi connectivity index (χ0) is 10.7.